The maximum atomic E-state index is 10.7. The highest BCUT2D eigenvalue weighted by Crippen LogP contribution is 2.29. The number of fused-ring (bicyclic) bond motifs is 1. The molecule has 0 aliphatic carbocycles. The zero-order valence-electron chi connectivity index (χ0n) is 18.0. The molecule has 2 aromatic heterocycles. The summed E-state index contributed by atoms with van der Waals surface area (Å²) in [7, 11) is 0. The number of rotatable bonds is 9. The first kappa shape index (κ1) is 21.5. The van der Waals surface area contributed by atoms with Gasteiger partial charge in [-0.25, -0.2) is 0 Å². The molecule has 2 aromatic carbocycles. The molecule has 9 nitrogen and oxygen atoms in total. The van der Waals surface area contributed by atoms with Crippen molar-refractivity contribution >= 4 is 16.9 Å². The molecular weight excluding hydrogens is 410 g/mol. The van der Waals surface area contributed by atoms with Gasteiger partial charge in [0.2, 0.25) is 5.82 Å². The van der Waals surface area contributed by atoms with Gasteiger partial charge in [0.15, 0.2) is 0 Å². The third kappa shape index (κ3) is 4.62. The number of benzene rings is 2. The standard InChI is InChI=1S/C23H25N5O4/c1-14(2)31-20-8-6-16(11-17(20)12-24)23-26-22(27-32-23)15-5-7-19-18(10-15)13-25-28(19)9-3-4-21(29)30/h5-8,10-11,13-14H,3-4,9,12,24H2,1-2H3,(H,29,30). The molecule has 3 N–H and O–H groups in total. The quantitative estimate of drug-likeness (QED) is 0.405. The summed E-state index contributed by atoms with van der Waals surface area (Å²) in [5.74, 6) is 0.807. The molecule has 4 rings (SSSR count). The third-order valence-electron chi connectivity index (χ3n) is 4.98. The van der Waals surface area contributed by atoms with Crippen molar-refractivity contribution in [3.05, 3.63) is 48.2 Å². The van der Waals surface area contributed by atoms with E-state index in [0.29, 0.717) is 31.2 Å². The van der Waals surface area contributed by atoms with Crippen molar-refractivity contribution in [1.29, 1.82) is 0 Å². The Kier molecular flexibility index (Phi) is 6.18. The third-order valence-corrected chi connectivity index (χ3v) is 4.98. The lowest BCUT2D eigenvalue weighted by molar-refractivity contribution is -0.137. The van der Waals surface area contributed by atoms with Crippen LogP contribution < -0.4 is 10.5 Å². The Hall–Kier alpha value is -3.72. The number of carbonyl (C=O) groups is 1. The molecular formula is C23H25N5O4. The number of aryl methyl sites for hydroxylation is 1. The predicted molar refractivity (Wildman–Crippen MR) is 119 cm³/mol. The van der Waals surface area contributed by atoms with Crippen LogP contribution in [0.25, 0.3) is 33.7 Å². The van der Waals surface area contributed by atoms with Crippen molar-refractivity contribution in [2.45, 2.75) is 45.9 Å². The Morgan fingerprint density at radius 1 is 1.22 bits per heavy atom. The van der Waals surface area contributed by atoms with Crippen molar-refractivity contribution in [3.8, 4) is 28.6 Å². The summed E-state index contributed by atoms with van der Waals surface area (Å²) in [5, 5.41) is 18.2. The van der Waals surface area contributed by atoms with E-state index in [1.807, 2.05) is 50.2 Å². The molecule has 0 spiro atoms. The fourth-order valence-corrected chi connectivity index (χ4v) is 3.48. The lowest BCUT2D eigenvalue weighted by Crippen LogP contribution is -2.09. The van der Waals surface area contributed by atoms with Crippen molar-refractivity contribution < 1.29 is 19.2 Å². The van der Waals surface area contributed by atoms with E-state index in [1.54, 1.807) is 10.9 Å². The molecule has 2 heterocycles. The van der Waals surface area contributed by atoms with E-state index < -0.39 is 5.97 Å². The topological polar surface area (TPSA) is 129 Å². The molecule has 32 heavy (non-hydrogen) atoms. The van der Waals surface area contributed by atoms with Crippen molar-refractivity contribution in [2.24, 2.45) is 5.73 Å². The van der Waals surface area contributed by atoms with Gasteiger partial charge in [-0.1, -0.05) is 5.16 Å². The van der Waals surface area contributed by atoms with Gasteiger partial charge in [-0.05, 0) is 56.7 Å². The molecule has 166 valence electrons. The van der Waals surface area contributed by atoms with E-state index in [4.69, 9.17) is 20.1 Å². The molecule has 0 radical (unpaired) electrons. The molecule has 0 saturated carbocycles. The summed E-state index contributed by atoms with van der Waals surface area (Å²) in [6, 6.07) is 11.4. The summed E-state index contributed by atoms with van der Waals surface area (Å²) >= 11 is 0. The van der Waals surface area contributed by atoms with Gasteiger partial charge in [-0.15, -0.1) is 0 Å². The number of nitrogens with zero attached hydrogens (tertiary/aromatic N) is 4. The minimum atomic E-state index is -0.808. The summed E-state index contributed by atoms with van der Waals surface area (Å²) < 4.78 is 13.1. The van der Waals surface area contributed by atoms with Gasteiger partial charge < -0.3 is 20.1 Å². The van der Waals surface area contributed by atoms with Gasteiger partial charge in [0.1, 0.15) is 5.75 Å². The average molecular weight is 435 g/mol. The first-order valence-corrected chi connectivity index (χ1v) is 10.5. The zero-order chi connectivity index (χ0) is 22.7. The second-order valence-electron chi connectivity index (χ2n) is 7.75. The Bertz CT molecular complexity index is 1240. The fraction of sp³-hybridized carbons (Fsp3) is 0.304. The van der Waals surface area contributed by atoms with Crippen LogP contribution in [0.3, 0.4) is 0 Å². The normalized spacial score (nSPS) is 11.4. The van der Waals surface area contributed by atoms with Crippen LogP contribution >= 0.6 is 0 Å². The van der Waals surface area contributed by atoms with Crippen LogP contribution in [0.15, 0.2) is 47.1 Å². The molecule has 0 unspecified atom stereocenters. The SMILES string of the molecule is CC(C)Oc1ccc(-c2nc(-c3ccc4c(cnn4CCCC(=O)O)c3)no2)cc1CN. The molecule has 4 aromatic rings. The van der Waals surface area contributed by atoms with Crippen LogP contribution in [0, 0.1) is 0 Å². The smallest absolute Gasteiger partial charge is 0.303 e. The van der Waals surface area contributed by atoms with E-state index in [9.17, 15) is 4.79 Å². The van der Waals surface area contributed by atoms with Crippen molar-refractivity contribution in [1.82, 2.24) is 19.9 Å². The minimum Gasteiger partial charge on any atom is -0.491 e. The van der Waals surface area contributed by atoms with Crippen LogP contribution in [-0.2, 0) is 17.9 Å². The van der Waals surface area contributed by atoms with Crippen molar-refractivity contribution in [3.63, 3.8) is 0 Å². The maximum Gasteiger partial charge on any atom is 0.303 e. The summed E-state index contributed by atoms with van der Waals surface area (Å²) in [6.45, 7) is 4.82. The number of hydrogen-bond donors (Lipinski definition) is 2. The number of aliphatic carboxylic acids is 1. The molecule has 0 atom stereocenters. The highest BCUT2D eigenvalue weighted by molar-refractivity contribution is 5.83. The highest BCUT2D eigenvalue weighted by Gasteiger charge is 2.15. The molecule has 0 saturated heterocycles. The van der Waals surface area contributed by atoms with Gasteiger partial charge in [0.25, 0.3) is 5.89 Å². The first-order valence-electron chi connectivity index (χ1n) is 10.5. The van der Waals surface area contributed by atoms with Gasteiger partial charge in [-0.2, -0.15) is 10.1 Å². The van der Waals surface area contributed by atoms with Crippen LogP contribution in [0.2, 0.25) is 0 Å². The summed E-state index contributed by atoms with van der Waals surface area (Å²) in [4.78, 5) is 15.3. The van der Waals surface area contributed by atoms with Gasteiger partial charge >= 0.3 is 5.97 Å². The Labute approximate surface area is 184 Å². The largest absolute Gasteiger partial charge is 0.491 e. The van der Waals surface area contributed by atoms with E-state index in [0.717, 1.165) is 33.3 Å². The molecule has 0 aliphatic rings. The van der Waals surface area contributed by atoms with E-state index in [1.165, 1.54) is 0 Å². The van der Waals surface area contributed by atoms with Crippen LogP contribution in [-0.4, -0.2) is 37.1 Å². The second-order valence-corrected chi connectivity index (χ2v) is 7.75. The number of carboxylic acids is 1. The first-order chi connectivity index (χ1) is 15.4. The molecule has 0 amide bonds. The summed E-state index contributed by atoms with van der Waals surface area (Å²) in [5.41, 5.74) is 9.25. The fourth-order valence-electron chi connectivity index (χ4n) is 3.48. The molecule has 0 aliphatic heterocycles. The number of hydrogen-bond acceptors (Lipinski definition) is 7. The number of carboxylic acid groups (broad SMARTS) is 1. The van der Waals surface area contributed by atoms with E-state index in [2.05, 4.69) is 15.2 Å². The molecule has 9 heteroatoms. The van der Waals surface area contributed by atoms with Gasteiger partial charge in [0.05, 0.1) is 17.8 Å². The minimum absolute atomic E-state index is 0.0533. The Balaban J connectivity index is 1.56. The van der Waals surface area contributed by atoms with Crippen LogP contribution in [0.4, 0.5) is 0 Å². The van der Waals surface area contributed by atoms with Gasteiger partial charge in [-0.3, -0.25) is 9.48 Å². The van der Waals surface area contributed by atoms with Crippen molar-refractivity contribution in [2.75, 3.05) is 0 Å². The average Bonchev–Trinajstić information content (AvgIpc) is 3.41. The Morgan fingerprint density at radius 2 is 2.03 bits per heavy atom. The number of ether oxygens (including phenoxy) is 1. The molecule has 0 bridgehead atoms. The van der Waals surface area contributed by atoms with E-state index in [-0.39, 0.29) is 12.5 Å². The lowest BCUT2D eigenvalue weighted by atomic mass is 10.1. The summed E-state index contributed by atoms with van der Waals surface area (Å²) in [6.07, 6.45) is 2.44. The predicted octanol–water partition coefficient (Wildman–Crippen LogP) is 3.86. The van der Waals surface area contributed by atoms with E-state index >= 15 is 0 Å². The number of aromatic nitrogens is 4. The van der Waals surface area contributed by atoms with Crippen LogP contribution in [0.5, 0.6) is 5.75 Å². The number of nitrogens with two attached hydrogens (primary N) is 1. The monoisotopic (exact) mass is 435 g/mol. The lowest BCUT2D eigenvalue weighted by Gasteiger charge is -2.13. The maximum absolute atomic E-state index is 10.7. The zero-order valence-corrected chi connectivity index (χ0v) is 18.0. The molecule has 0 fully saturated rings. The van der Waals surface area contributed by atoms with Crippen LogP contribution in [0.1, 0.15) is 32.3 Å². The highest BCUT2D eigenvalue weighted by atomic mass is 16.5. The Morgan fingerprint density at radius 3 is 2.78 bits per heavy atom. The second kappa shape index (κ2) is 9.19. The van der Waals surface area contributed by atoms with Gasteiger partial charge in [0, 0.05) is 41.6 Å².